The average molecular weight is 542 g/mol. The summed E-state index contributed by atoms with van der Waals surface area (Å²) in [7, 11) is 1.74. The standard InChI is InChI=1S/C25H26N4O2.HI/c1-26-25(28-17-19-15-24(30)29-22-13-7-6-12-21(19)22)27-16-18-9-5-8-14-23(18)31-20-10-3-2-4-11-20;/h2-14,19H,15-17H2,1H3,(H,29,30)(H2,26,27,28);1H. The summed E-state index contributed by atoms with van der Waals surface area (Å²) in [5, 5.41) is 9.64. The van der Waals surface area contributed by atoms with Crippen molar-refractivity contribution in [3.8, 4) is 11.5 Å². The van der Waals surface area contributed by atoms with Crippen LogP contribution in [0.1, 0.15) is 23.5 Å². The molecule has 1 amide bonds. The minimum Gasteiger partial charge on any atom is -0.457 e. The summed E-state index contributed by atoms with van der Waals surface area (Å²) in [6, 6.07) is 25.6. The van der Waals surface area contributed by atoms with Crippen molar-refractivity contribution in [2.45, 2.75) is 18.9 Å². The molecule has 0 aliphatic carbocycles. The fourth-order valence-electron chi connectivity index (χ4n) is 3.67. The molecule has 1 heterocycles. The zero-order chi connectivity index (χ0) is 21.5. The lowest BCUT2D eigenvalue weighted by atomic mass is 9.90. The molecule has 0 saturated carbocycles. The molecule has 0 aromatic heterocycles. The van der Waals surface area contributed by atoms with Gasteiger partial charge in [0.05, 0.1) is 0 Å². The molecule has 4 rings (SSSR count). The van der Waals surface area contributed by atoms with Gasteiger partial charge in [0.25, 0.3) is 0 Å². The second kappa shape index (κ2) is 11.5. The summed E-state index contributed by atoms with van der Waals surface area (Å²) in [6.07, 6.45) is 0.453. The van der Waals surface area contributed by atoms with E-state index in [4.69, 9.17) is 4.74 Å². The maximum absolute atomic E-state index is 12.1. The number of guanidine groups is 1. The number of nitrogens with zero attached hydrogens (tertiary/aromatic N) is 1. The second-order valence-electron chi connectivity index (χ2n) is 7.37. The Morgan fingerprint density at radius 2 is 1.72 bits per heavy atom. The third kappa shape index (κ3) is 6.00. The molecule has 0 bridgehead atoms. The van der Waals surface area contributed by atoms with Crippen LogP contribution in [0.25, 0.3) is 0 Å². The van der Waals surface area contributed by atoms with Gasteiger partial charge in [-0.25, -0.2) is 0 Å². The summed E-state index contributed by atoms with van der Waals surface area (Å²) in [5.74, 6) is 2.41. The first-order chi connectivity index (χ1) is 15.2. The third-order valence-corrected chi connectivity index (χ3v) is 5.24. The number of ether oxygens (including phenoxy) is 1. The van der Waals surface area contributed by atoms with Crippen LogP contribution < -0.4 is 20.7 Å². The number of carbonyl (C=O) groups is 1. The van der Waals surface area contributed by atoms with Crippen LogP contribution >= 0.6 is 24.0 Å². The lowest BCUT2D eigenvalue weighted by Crippen LogP contribution is -2.40. The highest BCUT2D eigenvalue weighted by atomic mass is 127. The van der Waals surface area contributed by atoms with Gasteiger partial charge in [-0.05, 0) is 29.8 Å². The second-order valence-corrected chi connectivity index (χ2v) is 7.37. The molecular formula is C25H27IN4O2. The van der Waals surface area contributed by atoms with E-state index in [1.807, 2.05) is 72.8 Å². The molecule has 6 nitrogen and oxygen atoms in total. The number of hydrogen-bond donors (Lipinski definition) is 3. The number of nitrogens with one attached hydrogen (secondary N) is 3. The van der Waals surface area contributed by atoms with Crippen molar-refractivity contribution in [1.29, 1.82) is 0 Å². The van der Waals surface area contributed by atoms with Gasteiger partial charge in [-0.2, -0.15) is 0 Å². The number of hydrogen-bond acceptors (Lipinski definition) is 3. The summed E-state index contributed by atoms with van der Waals surface area (Å²) in [4.78, 5) is 16.4. The molecule has 7 heteroatoms. The van der Waals surface area contributed by atoms with Crippen molar-refractivity contribution in [2.75, 3.05) is 18.9 Å². The molecular weight excluding hydrogens is 515 g/mol. The first kappa shape index (κ1) is 23.6. The Kier molecular flexibility index (Phi) is 8.49. The maximum atomic E-state index is 12.1. The number of carbonyl (C=O) groups excluding carboxylic acids is 1. The Labute approximate surface area is 205 Å². The van der Waals surface area contributed by atoms with E-state index in [0.717, 1.165) is 28.3 Å². The molecule has 32 heavy (non-hydrogen) atoms. The van der Waals surface area contributed by atoms with Crippen molar-refractivity contribution in [2.24, 2.45) is 4.99 Å². The van der Waals surface area contributed by atoms with Gasteiger partial charge in [-0.3, -0.25) is 9.79 Å². The van der Waals surface area contributed by atoms with Crippen LogP contribution in [-0.2, 0) is 11.3 Å². The minimum absolute atomic E-state index is 0. The third-order valence-electron chi connectivity index (χ3n) is 5.24. The molecule has 1 unspecified atom stereocenters. The van der Waals surface area contributed by atoms with Crippen LogP contribution in [0.3, 0.4) is 0 Å². The molecule has 3 aromatic rings. The maximum Gasteiger partial charge on any atom is 0.225 e. The topological polar surface area (TPSA) is 74.8 Å². The number of fused-ring (bicyclic) bond motifs is 1. The van der Waals surface area contributed by atoms with Crippen LogP contribution in [0, 0.1) is 0 Å². The highest BCUT2D eigenvalue weighted by Crippen LogP contribution is 2.31. The molecule has 0 fully saturated rings. The SMILES string of the molecule is CN=C(NCc1ccccc1Oc1ccccc1)NCC1CC(=O)Nc2ccccc21.I. The van der Waals surface area contributed by atoms with Crippen LogP contribution in [0.2, 0.25) is 0 Å². The van der Waals surface area contributed by atoms with Gasteiger partial charge < -0.3 is 20.7 Å². The summed E-state index contributed by atoms with van der Waals surface area (Å²) in [6.45, 7) is 1.18. The monoisotopic (exact) mass is 542 g/mol. The van der Waals surface area contributed by atoms with Crippen molar-refractivity contribution in [3.05, 3.63) is 90.0 Å². The van der Waals surface area contributed by atoms with Gasteiger partial charge in [0.15, 0.2) is 5.96 Å². The van der Waals surface area contributed by atoms with E-state index < -0.39 is 0 Å². The zero-order valence-electron chi connectivity index (χ0n) is 17.9. The number of anilines is 1. The number of aliphatic imine (C=N–C) groups is 1. The first-order valence-corrected chi connectivity index (χ1v) is 10.4. The van der Waals surface area contributed by atoms with Crippen molar-refractivity contribution < 1.29 is 9.53 Å². The Morgan fingerprint density at radius 3 is 2.53 bits per heavy atom. The van der Waals surface area contributed by atoms with E-state index in [2.05, 4.69) is 27.0 Å². The lowest BCUT2D eigenvalue weighted by Gasteiger charge is -2.26. The van der Waals surface area contributed by atoms with Crippen LogP contribution in [0.15, 0.2) is 83.9 Å². The quantitative estimate of drug-likeness (QED) is 0.236. The normalized spacial score (nSPS) is 15.1. The van der Waals surface area contributed by atoms with E-state index in [9.17, 15) is 4.79 Å². The van der Waals surface area contributed by atoms with Gasteiger partial charge in [0.1, 0.15) is 11.5 Å². The Balaban J connectivity index is 0.00000289. The minimum atomic E-state index is 0. The van der Waals surface area contributed by atoms with Gasteiger partial charge in [0.2, 0.25) is 5.91 Å². The van der Waals surface area contributed by atoms with Crippen LogP contribution in [0.5, 0.6) is 11.5 Å². The van der Waals surface area contributed by atoms with Crippen LogP contribution in [0.4, 0.5) is 5.69 Å². The predicted octanol–water partition coefficient (Wildman–Crippen LogP) is 4.89. The molecule has 0 radical (unpaired) electrons. The smallest absolute Gasteiger partial charge is 0.225 e. The van der Waals surface area contributed by atoms with E-state index in [-0.39, 0.29) is 35.8 Å². The molecule has 1 aliphatic heterocycles. The fraction of sp³-hybridized carbons (Fsp3) is 0.200. The van der Waals surface area contributed by atoms with Crippen molar-refractivity contribution >= 4 is 41.5 Å². The molecule has 0 saturated heterocycles. The van der Waals surface area contributed by atoms with E-state index >= 15 is 0 Å². The van der Waals surface area contributed by atoms with Crippen LogP contribution in [-0.4, -0.2) is 25.5 Å². The Morgan fingerprint density at radius 1 is 1.00 bits per heavy atom. The molecule has 3 N–H and O–H groups in total. The average Bonchev–Trinajstić information content (AvgIpc) is 2.80. The molecule has 3 aromatic carbocycles. The largest absolute Gasteiger partial charge is 0.457 e. The lowest BCUT2D eigenvalue weighted by molar-refractivity contribution is -0.116. The van der Waals surface area contributed by atoms with Crippen molar-refractivity contribution in [3.63, 3.8) is 0 Å². The fourth-order valence-corrected chi connectivity index (χ4v) is 3.67. The summed E-state index contributed by atoms with van der Waals surface area (Å²) < 4.78 is 6.04. The first-order valence-electron chi connectivity index (χ1n) is 10.4. The predicted molar refractivity (Wildman–Crippen MR) is 139 cm³/mol. The number of amides is 1. The summed E-state index contributed by atoms with van der Waals surface area (Å²) >= 11 is 0. The highest BCUT2D eigenvalue weighted by molar-refractivity contribution is 14.0. The molecule has 1 aliphatic rings. The Bertz CT molecular complexity index is 1070. The zero-order valence-corrected chi connectivity index (χ0v) is 20.2. The number of benzene rings is 3. The number of halogens is 1. The highest BCUT2D eigenvalue weighted by Gasteiger charge is 2.24. The Hall–Kier alpha value is -3.07. The van der Waals surface area contributed by atoms with Gasteiger partial charge in [-0.1, -0.05) is 54.6 Å². The summed E-state index contributed by atoms with van der Waals surface area (Å²) in [5.41, 5.74) is 3.06. The van der Waals surface area contributed by atoms with E-state index in [1.165, 1.54) is 0 Å². The van der Waals surface area contributed by atoms with Crippen molar-refractivity contribution in [1.82, 2.24) is 10.6 Å². The van der Waals surface area contributed by atoms with E-state index in [1.54, 1.807) is 7.05 Å². The van der Waals surface area contributed by atoms with Gasteiger partial charge in [0, 0.05) is 43.7 Å². The van der Waals surface area contributed by atoms with E-state index in [0.29, 0.717) is 25.5 Å². The molecule has 0 spiro atoms. The van der Waals surface area contributed by atoms with Gasteiger partial charge >= 0.3 is 0 Å². The van der Waals surface area contributed by atoms with Gasteiger partial charge in [-0.15, -0.1) is 24.0 Å². The molecule has 166 valence electrons. The number of rotatable bonds is 6. The number of para-hydroxylation sites is 3. The molecule has 1 atom stereocenters.